The Hall–Kier alpha value is -2.86. The molecule has 0 fully saturated rings. The maximum absolute atomic E-state index is 13.2. The largest absolute Gasteiger partial charge is 0.491 e. The minimum Gasteiger partial charge on any atom is -0.491 e. The fourth-order valence-electron chi connectivity index (χ4n) is 2.67. The van der Waals surface area contributed by atoms with Gasteiger partial charge in [0.2, 0.25) is 5.91 Å². The lowest BCUT2D eigenvalue weighted by Crippen LogP contribution is -2.27. The fraction of sp³-hybridized carbons (Fsp3) is 0.200. The Morgan fingerprint density at radius 2 is 2.00 bits per heavy atom. The van der Waals surface area contributed by atoms with Gasteiger partial charge in [0.05, 0.1) is 11.1 Å². The first-order valence-electron chi connectivity index (χ1n) is 8.38. The average molecular weight is 389 g/mol. The summed E-state index contributed by atoms with van der Waals surface area (Å²) in [7, 11) is 0. The van der Waals surface area contributed by atoms with Crippen LogP contribution in [0.1, 0.15) is 13.8 Å². The molecule has 5 nitrogen and oxygen atoms in total. The Bertz CT molecular complexity index is 1060. The van der Waals surface area contributed by atoms with Gasteiger partial charge in [0.25, 0.3) is 5.56 Å². The van der Waals surface area contributed by atoms with Gasteiger partial charge in [-0.15, -0.1) is 0 Å². The number of carbonyl (C=O) groups is 1. The maximum atomic E-state index is 13.2. The molecule has 0 saturated heterocycles. The van der Waals surface area contributed by atoms with Crippen LogP contribution in [-0.2, 0) is 11.3 Å². The van der Waals surface area contributed by atoms with Gasteiger partial charge in [-0.2, -0.15) is 0 Å². The van der Waals surface area contributed by atoms with Gasteiger partial charge in [0.15, 0.2) is 0 Å². The predicted molar refractivity (Wildman–Crippen MR) is 104 cm³/mol. The van der Waals surface area contributed by atoms with E-state index >= 15 is 0 Å². The number of benzene rings is 2. The Morgan fingerprint density at radius 3 is 2.70 bits per heavy atom. The minimum absolute atomic E-state index is 0.0338. The molecule has 7 heteroatoms. The highest BCUT2D eigenvalue weighted by Crippen LogP contribution is 2.20. The maximum Gasteiger partial charge on any atom is 0.258 e. The fourth-order valence-corrected chi connectivity index (χ4v) is 2.85. The van der Waals surface area contributed by atoms with E-state index in [-0.39, 0.29) is 23.2 Å². The number of pyridine rings is 1. The highest BCUT2D eigenvalue weighted by molar-refractivity contribution is 6.31. The van der Waals surface area contributed by atoms with Crippen molar-refractivity contribution in [2.75, 3.05) is 5.32 Å². The van der Waals surface area contributed by atoms with Gasteiger partial charge in [0, 0.05) is 17.3 Å². The van der Waals surface area contributed by atoms with Crippen LogP contribution < -0.4 is 15.6 Å². The molecule has 0 aliphatic carbocycles. The summed E-state index contributed by atoms with van der Waals surface area (Å²) in [6.07, 6.45) is 1.59. The van der Waals surface area contributed by atoms with Gasteiger partial charge in [-0.25, -0.2) is 4.39 Å². The van der Waals surface area contributed by atoms with Gasteiger partial charge < -0.3 is 14.6 Å². The van der Waals surface area contributed by atoms with Gasteiger partial charge in [0.1, 0.15) is 18.1 Å². The smallest absolute Gasteiger partial charge is 0.258 e. The second-order valence-corrected chi connectivity index (χ2v) is 6.75. The molecule has 1 amide bonds. The number of hydrogen-bond acceptors (Lipinski definition) is 3. The normalized spacial score (nSPS) is 11.0. The Balaban J connectivity index is 1.80. The number of aromatic nitrogens is 1. The molecule has 0 aliphatic heterocycles. The zero-order valence-corrected chi connectivity index (χ0v) is 15.6. The molecule has 3 rings (SSSR count). The molecule has 0 bridgehead atoms. The number of hydrogen-bond donors (Lipinski definition) is 1. The van der Waals surface area contributed by atoms with E-state index in [1.807, 2.05) is 13.8 Å². The summed E-state index contributed by atoms with van der Waals surface area (Å²) < 4.78 is 20.1. The molecular formula is C20H18ClFN2O3. The van der Waals surface area contributed by atoms with Crippen molar-refractivity contribution in [1.29, 1.82) is 0 Å². The van der Waals surface area contributed by atoms with Crippen molar-refractivity contribution in [3.63, 3.8) is 0 Å². The third kappa shape index (κ3) is 4.46. The van der Waals surface area contributed by atoms with Gasteiger partial charge in [-0.3, -0.25) is 9.59 Å². The van der Waals surface area contributed by atoms with E-state index in [0.717, 1.165) is 11.5 Å². The highest BCUT2D eigenvalue weighted by atomic mass is 35.5. The van der Waals surface area contributed by atoms with Crippen LogP contribution in [0, 0.1) is 5.82 Å². The highest BCUT2D eigenvalue weighted by Gasteiger charge is 2.10. The second kappa shape index (κ2) is 7.80. The van der Waals surface area contributed by atoms with Gasteiger partial charge in [-0.05, 0) is 61.7 Å². The third-order valence-corrected chi connectivity index (χ3v) is 4.13. The molecule has 0 atom stereocenters. The molecule has 3 aromatic rings. The van der Waals surface area contributed by atoms with Crippen molar-refractivity contribution >= 4 is 34.0 Å². The van der Waals surface area contributed by atoms with E-state index in [4.69, 9.17) is 16.3 Å². The molecular weight excluding hydrogens is 371 g/mol. The van der Waals surface area contributed by atoms with Crippen LogP contribution in [0.5, 0.6) is 5.75 Å². The summed E-state index contributed by atoms with van der Waals surface area (Å²) in [5, 5.41) is 3.73. The Kier molecular flexibility index (Phi) is 5.46. The standard InChI is InChI=1S/C20H18ClFN2O3/c1-12(2)27-15-4-5-16-13(9-15)7-8-24(20(16)26)11-19(25)23-14-3-6-18(22)17(21)10-14/h3-10,12H,11H2,1-2H3,(H,23,25). The summed E-state index contributed by atoms with van der Waals surface area (Å²) >= 11 is 5.70. The van der Waals surface area contributed by atoms with Gasteiger partial charge >= 0.3 is 0 Å². The average Bonchev–Trinajstić information content (AvgIpc) is 2.60. The van der Waals surface area contributed by atoms with E-state index in [9.17, 15) is 14.0 Å². The molecule has 0 saturated carbocycles. The van der Waals surface area contributed by atoms with Crippen molar-refractivity contribution in [2.45, 2.75) is 26.5 Å². The molecule has 0 radical (unpaired) electrons. The number of anilines is 1. The first-order valence-corrected chi connectivity index (χ1v) is 8.76. The van der Waals surface area contributed by atoms with Crippen LogP contribution in [0.15, 0.2) is 53.5 Å². The number of halogens is 2. The van der Waals surface area contributed by atoms with Crippen LogP contribution >= 0.6 is 11.6 Å². The second-order valence-electron chi connectivity index (χ2n) is 6.34. The monoisotopic (exact) mass is 388 g/mol. The lowest BCUT2D eigenvalue weighted by Gasteiger charge is -2.11. The zero-order chi connectivity index (χ0) is 19.6. The van der Waals surface area contributed by atoms with Crippen LogP contribution in [0.2, 0.25) is 5.02 Å². The summed E-state index contributed by atoms with van der Waals surface area (Å²) in [5.41, 5.74) is 0.0756. The van der Waals surface area contributed by atoms with Crippen molar-refractivity contribution in [1.82, 2.24) is 4.57 Å². The van der Waals surface area contributed by atoms with E-state index < -0.39 is 11.7 Å². The minimum atomic E-state index is -0.568. The predicted octanol–water partition coefficient (Wildman–Crippen LogP) is 4.22. The molecule has 1 aromatic heterocycles. The Morgan fingerprint density at radius 1 is 1.22 bits per heavy atom. The van der Waals surface area contributed by atoms with Crippen molar-refractivity contribution in [3.05, 3.63) is 69.9 Å². The van der Waals surface area contributed by atoms with E-state index in [1.54, 1.807) is 30.5 Å². The summed E-state index contributed by atoms with van der Waals surface area (Å²) in [6.45, 7) is 3.68. The number of ether oxygens (including phenoxy) is 1. The van der Waals surface area contributed by atoms with Crippen LogP contribution in [0.4, 0.5) is 10.1 Å². The number of nitrogens with one attached hydrogen (secondary N) is 1. The molecule has 140 valence electrons. The lowest BCUT2D eigenvalue weighted by atomic mass is 10.1. The number of fused-ring (bicyclic) bond motifs is 1. The quantitative estimate of drug-likeness (QED) is 0.711. The molecule has 0 spiro atoms. The first-order chi connectivity index (χ1) is 12.8. The summed E-state index contributed by atoms with van der Waals surface area (Å²) in [6, 6.07) is 10.8. The summed E-state index contributed by atoms with van der Waals surface area (Å²) in [5.74, 6) is -0.305. The summed E-state index contributed by atoms with van der Waals surface area (Å²) in [4.78, 5) is 24.8. The number of carbonyl (C=O) groups excluding carboxylic acids is 1. The Labute approximate surface area is 160 Å². The lowest BCUT2D eigenvalue weighted by molar-refractivity contribution is -0.116. The molecule has 0 aliphatic rings. The van der Waals surface area contributed by atoms with Gasteiger partial charge in [-0.1, -0.05) is 11.6 Å². The molecule has 27 heavy (non-hydrogen) atoms. The number of amides is 1. The van der Waals surface area contributed by atoms with Crippen LogP contribution in [0.25, 0.3) is 10.8 Å². The number of nitrogens with zero attached hydrogens (tertiary/aromatic N) is 1. The van der Waals surface area contributed by atoms with Crippen molar-refractivity contribution < 1.29 is 13.9 Å². The van der Waals surface area contributed by atoms with Crippen molar-refractivity contribution in [3.8, 4) is 5.75 Å². The van der Waals surface area contributed by atoms with Crippen LogP contribution in [-0.4, -0.2) is 16.6 Å². The molecule has 2 aromatic carbocycles. The molecule has 1 heterocycles. The third-order valence-electron chi connectivity index (χ3n) is 3.84. The van der Waals surface area contributed by atoms with E-state index in [2.05, 4.69) is 5.32 Å². The molecule has 0 unspecified atom stereocenters. The molecule has 1 N–H and O–H groups in total. The van der Waals surface area contributed by atoms with E-state index in [1.165, 1.54) is 16.7 Å². The van der Waals surface area contributed by atoms with Crippen LogP contribution in [0.3, 0.4) is 0 Å². The van der Waals surface area contributed by atoms with E-state index in [0.29, 0.717) is 16.8 Å². The number of rotatable bonds is 5. The zero-order valence-electron chi connectivity index (χ0n) is 14.8. The SMILES string of the molecule is CC(C)Oc1ccc2c(=O)n(CC(=O)Nc3ccc(F)c(Cl)c3)ccc2c1. The topological polar surface area (TPSA) is 60.3 Å². The first kappa shape index (κ1) is 18.9. The van der Waals surface area contributed by atoms with Crippen molar-refractivity contribution in [2.24, 2.45) is 0 Å².